The first kappa shape index (κ1) is 22.3. The number of anilines is 1. The summed E-state index contributed by atoms with van der Waals surface area (Å²) in [5.74, 6) is -0.502. The molecule has 8 heteroatoms. The number of nitrogens with one attached hydrogen (secondary N) is 2. The van der Waals surface area contributed by atoms with Gasteiger partial charge in [-0.15, -0.1) is 0 Å². The summed E-state index contributed by atoms with van der Waals surface area (Å²) in [6.45, 7) is 0.497. The maximum absolute atomic E-state index is 12.5. The standard InChI is InChI=1S/C22H21Cl2N3O2S/c1-27(2)20(15-7-8-30-13-15)12-25-21(28)14-3-5-19(6-4-14)26-22(29)16-9-17(23)11-18(24)10-16/h3-11,13,20H,12H2,1-2H3,(H,25,28)(H,26,29). The van der Waals surface area contributed by atoms with Crippen LogP contribution in [0.5, 0.6) is 0 Å². The lowest BCUT2D eigenvalue weighted by atomic mass is 10.1. The van der Waals surface area contributed by atoms with Crippen molar-refractivity contribution >= 4 is 52.0 Å². The smallest absolute Gasteiger partial charge is 0.255 e. The van der Waals surface area contributed by atoms with Crippen LogP contribution in [-0.4, -0.2) is 37.4 Å². The molecule has 3 aromatic rings. The Hall–Kier alpha value is -2.38. The maximum Gasteiger partial charge on any atom is 0.255 e. The minimum atomic E-state index is -0.332. The number of hydrogen-bond donors (Lipinski definition) is 2. The molecule has 0 radical (unpaired) electrons. The third-order valence-corrected chi connectivity index (χ3v) is 5.67. The van der Waals surface area contributed by atoms with E-state index < -0.39 is 0 Å². The highest BCUT2D eigenvalue weighted by molar-refractivity contribution is 7.08. The van der Waals surface area contributed by atoms with E-state index in [9.17, 15) is 9.59 Å². The largest absolute Gasteiger partial charge is 0.350 e. The number of rotatable bonds is 7. The van der Waals surface area contributed by atoms with Crippen molar-refractivity contribution in [2.45, 2.75) is 6.04 Å². The van der Waals surface area contributed by atoms with Gasteiger partial charge in [-0.2, -0.15) is 11.3 Å². The van der Waals surface area contributed by atoms with Crippen LogP contribution < -0.4 is 10.6 Å². The van der Waals surface area contributed by atoms with Crippen molar-refractivity contribution in [2.75, 3.05) is 26.0 Å². The maximum atomic E-state index is 12.5. The molecule has 0 saturated heterocycles. The average molecular weight is 462 g/mol. The van der Waals surface area contributed by atoms with Gasteiger partial charge in [-0.3, -0.25) is 9.59 Å². The number of benzene rings is 2. The third kappa shape index (κ3) is 5.83. The molecular weight excluding hydrogens is 441 g/mol. The number of nitrogens with zero attached hydrogens (tertiary/aromatic N) is 1. The fraction of sp³-hybridized carbons (Fsp3) is 0.182. The molecule has 1 atom stereocenters. The van der Waals surface area contributed by atoms with Crippen LogP contribution >= 0.6 is 34.5 Å². The first-order valence-corrected chi connectivity index (χ1v) is 10.9. The SMILES string of the molecule is CN(C)C(CNC(=O)c1ccc(NC(=O)c2cc(Cl)cc(Cl)c2)cc1)c1ccsc1. The van der Waals surface area contributed by atoms with Crippen LogP contribution in [0.2, 0.25) is 10.0 Å². The Morgan fingerprint density at radius 3 is 2.20 bits per heavy atom. The Morgan fingerprint density at radius 2 is 1.63 bits per heavy atom. The van der Waals surface area contributed by atoms with E-state index in [1.807, 2.05) is 19.5 Å². The van der Waals surface area contributed by atoms with E-state index >= 15 is 0 Å². The number of thiophene rings is 1. The molecule has 1 unspecified atom stereocenters. The summed E-state index contributed by atoms with van der Waals surface area (Å²) < 4.78 is 0. The highest BCUT2D eigenvalue weighted by Gasteiger charge is 2.16. The Bertz CT molecular complexity index is 1000. The molecule has 0 aliphatic rings. The number of amides is 2. The van der Waals surface area contributed by atoms with Gasteiger partial charge in [0.1, 0.15) is 0 Å². The molecule has 30 heavy (non-hydrogen) atoms. The average Bonchev–Trinajstić information content (AvgIpc) is 3.22. The lowest BCUT2D eigenvalue weighted by molar-refractivity contribution is 0.0941. The van der Waals surface area contributed by atoms with E-state index in [4.69, 9.17) is 23.2 Å². The number of carbonyl (C=O) groups excluding carboxylic acids is 2. The summed E-state index contributed by atoms with van der Waals surface area (Å²) in [6, 6.07) is 13.5. The van der Waals surface area contributed by atoms with Crippen LogP contribution in [-0.2, 0) is 0 Å². The Morgan fingerprint density at radius 1 is 0.967 bits per heavy atom. The number of likely N-dealkylation sites (N-methyl/N-ethyl adjacent to an activating group) is 1. The van der Waals surface area contributed by atoms with Crippen molar-refractivity contribution in [1.82, 2.24) is 10.2 Å². The molecule has 2 N–H and O–H groups in total. The van der Waals surface area contributed by atoms with Crippen LogP contribution in [0.1, 0.15) is 32.3 Å². The van der Waals surface area contributed by atoms with Gasteiger partial charge in [-0.05, 0) is 78.9 Å². The van der Waals surface area contributed by atoms with Gasteiger partial charge in [0.2, 0.25) is 0 Å². The number of hydrogen-bond acceptors (Lipinski definition) is 4. The monoisotopic (exact) mass is 461 g/mol. The Kier molecular flexibility index (Phi) is 7.50. The van der Waals surface area contributed by atoms with Gasteiger partial charge >= 0.3 is 0 Å². The predicted molar refractivity (Wildman–Crippen MR) is 124 cm³/mol. The second-order valence-corrected chi connectivity index (χ2v) is 8.59. The molecule has 5 nitrogen and oxygen atoms in total. The molecule has 0 saturated carbocycles. The minimum Gasteiger partial charge on any atom is -0.350 e. The van der Waals surface area contributed by atoms with Crippen molar-refractivity contribution in [3.05, 3.63) is 86.0 Å². The fourth-order valence-electron chi connectivity index (χ4n) is 2.95. The quantitative estimate of drug-likeness (QED) is 0.498. The van der Waals surface area contributed by atoms with Crippen molar-refractivity contribution in [2.24, 2.45) is 0 Å². The zero-order valence-electron chi connectivity index (χ0n) is 16.5. The molecule has 3 rings (SSSR count). The summed E-state index contributed by atoms with van der Waals surface area (Å²) >= 11 is 13.5. The van der Waals surface area contributed by atoms with Gasteiger partial charge in [0.05, 0.1) is 6.04 Å². The normalized spacial score (nSPS) is 11.9. The molecule has 1 heterocycles. The van der Waals surface area contributed by atoms with E-state index in [1.165, 1.54) is 5.56 Å². The molecule has 0 aliphatic heterocycles. The molecule has 2 amide bonds. The molecular formula is C22H21Cl2N3O2S. The van der Waals surface area contributed by atoms with Gasteiger partial charge in [0.15, 0.2) is 0 Å². The van der Waals surface area contributed by atoms with Crippen LogP contribution in [0.25, 0.3) is 0 Å². The molecule has 1 aromatic heterocycles. The highest BCUT2D eigenvalue weighted by Crippen LogP contribution is 2.21. The van der Waals surface area contributed by atoms with E-state index in [2.05, 4.69) is 27.0 Å². The minimum absolute atomic E-state index is 0.100. The molecule has 2 aromatic carbocycles. The summed E-state index contributed by atoms with van der Waals surface area (Å²) in [4.78, 5) is 27.0. The lowest BCUT2D eigenvalue weighted by Gasteiger charge is -2.24. The zero-order chi connectivity index (χ0) is 21.7. The van der Waals surface area contributed by atoms with Crippen molar-refractivity contribution in [3.63, 3.8) is 0 Å². The summed E-state index contributed by atoms with van der Waals surface area (Å²) in [6.07, 6.45) is 0. The third-order valence-electron chi connectivity index (χ3n) is 4.54. The zero-order valence-corrected chi connectivity index (χ0v) is 18.8. The van der Waals surface area contributed by atoms with Gasteiger partial charge < -0.3 is 15.5 Å². The van der Waals surface area contributed by atoms with Crippen LogP contribution in [0, 0.1) is 0 Å². The number of halogens is 2. The summed E-state index contributed by atoms with van der Waals surface area (Å²) in [7, 11) is 3.97. The van der Waals surface area contributed by atoms with E-state index in [1.54, 1.807) is 53.8 Å². The van der Waals surface area contributed by atoms with Crippen molar-refractivity contribution < 1.29 is 9.59 Å². The van der Waals surface area contributed by atoms with E-state index in [0.717, 1.165) is 0 Å². The van der Waals surface area contributed by atoms with Crippen molar-refractivity contribution in [3.8, 4) is 0 Å². The first-order chi connectivity index (χ1) is 14.3. The van der Waals surface area contributed by atoms with E-state index in [0.29, 0.717) is 33.4 Å². The van der Waals surface area contributed by atoms with Gasteiger partial charge in [0.25, 0.3) is 11.8 Å². The summed E-state index contributed by atoms with van der Waals surface area (Å²) in [5.41, 5.74) is 2.61. The molecule has 0 aliphatic carbocycles. The predicted octanol–water partition coefficient (Wildman–Crippen LogP) is 5.34. The first-order valence-electron chi connectivity index (χ1n) is 9.17. The second-order valence-electron chi connectivity index (χ2n) is 6.94. The molecule has 0 spiro atoms. The lowest BCUT2D eigenvalue weighted by Crippen LogP contribution is -2.34. The molecule has 0 bridgehead atoms. The van der Waals surface area contributed by atoms with Crippen LogP contribution in [0.3, 0.4) is 0 Å². The van der Waals surface area contributed by atoms with Gasteiger partial charge in [-0.25, -0.2) is 0 Å². The van der Waals surface area contributed by atoms with Crippen molar-refractivity contribution in [1.29, 1.82) is 0 Å². The summed E-state index contributed by atoms with van der Waals surface area (Å²) in [5, 5.41) is 10.6. The van der Waals surface area contributed by atoms with Crippen LogP contribution in [0.4, 0.5) is 5.69 Å². The fourth-order valence-corrected chi connectivity index (χ4v) is 4.18. The van der Waals surface area contributed by atoms with Gasteiger partial charge in [-0.1, -0.05) is 23.2 Å². The Balaban J connectivity index is 1.60. The molecule has 156 valence electrons. The van der Waals surface area contributed by atoms with Gasteiger partial charge in [0, 0.05) is 33.4 Å². The Labute approximate surface area is 189 Å². The number of carbonyl (C=O) groups is 2. The highest BCUT2D eigenvalue weighted by atomic mass is 35.5. The van der Waals surface area contributed by atoms with Crippen LogP contribution in [0.15, 0.2) is 59.3 Å². The van der Waals surface area contributed by atoms with E-state index in [-0.39, 0.29) is 17.9 Å². The second kappa shape index (κ2) is 10.1. The topological polar surface area (TPSA) is 61.4 Å². The molecule has 0 fully saturated rings.